The smallest absolute Gasteiger partial charge is 0.297 e. The third-order valence-electron chi connectivity index (χ3n) is 3.62. The van der Waals surface area contributed by atoms with Crippen LogP contribution in [0.5, 0.6) is 0 Å². The Hall–Kier alpha value is -1.88. The summed E-state index contributed by atoms with van der Waals surface area (Å²) in [7, 11) is 0. The number of aromatic amines is 1. The van der Waals surface area contributed by atoms with Crippen molar-refractivity contribution in [1.82, 2.24) is 9.55 Å². The summed E-state index contributed by atoms with van der Waals surface area (Å²) < 4.78 is 14.2. The van der Waals surface area contributed by atoms with Gasteiger partial charge in [-0.1, -0.05) is 30.7 Å². The minimum absolute atomic E-state index is 0.0174. The largest absolute Gasteiger partial charge is 0.329 e. The molecule has 0 amide bonds. The maximum Gasteiger partial charge on any atom is 0.329 e. The Morgan fingerprint density at radius 3 is 2.45 bits per heavy atom. The van der Waals surface area contributed by atoms with Gasteiger partial charge in [-0.05, 0) is 30.0 Å². The first-order valence-electron chi connectivity index (χ1n) is 6.29. The van der Waals surface area contributed by atoms with Crippen LogP contribution in [0.2, 0.25) is 5.15 Å². The SMILES string of the molecule is CC1CC1n1c(=O)[nH]c(Cl)c(-c2ccc(F)cc2)c1=O. The van der Waals surface area contributed by atoms with Gasteiger partial charge in [0.2, 0.25) is 0 Å². The van der Waals surface area contributed by atoms with Gasteiger partial charge in [0, 0.05) is 6.04 Å². The molecule has 6 heteroatoms. The van der Waals surface area contributed by atoms with E-state index in [1.165, 1.54) is 28.8 Å². The van der Waals surface area contributed by atoms with E-state index in [1.54, 1.807) is 0 Å². The minimum atomic E-state index is -0.500. The van der Waals surface area contributed by atoms with E-state index >= 15 is 0 Å². The molecule has 1 fully saturated rings. The highest BCUT2D eigenvalue weighted by molar-refractivity contribution is 6.32. The van der Waals surface area contributed by atoms with Crippen LogP contribution in [0.15, 0.2) is 33.9 Å². The molecule has 1 saturated carbocycles. The molecule has 1 aliphatic carbocycles. The molecule has 1 aromatic heterocycles. The molecule has 2 unspecified atom stereocenters. The van der Waals surface area contributed by atoms with Crippen LogP contribution in [0, 0.1) is 11.7 Å². The van der Waals surface area contributed by atoms with Crippen molar-refractivity contribution in [2.75, 3.05) is 0 Å². The van der Waals surface area contributed by atoms with Crippen LogP contribution in [-0.4, -0.2) is 9.55 Å². The van der Waals surface area contributed by atoms with Gasteiger partial charge >= 0.3 is 5.69 Å². The Balaban J connectivity index is 2.23. The van der Waals surface area contributed by atoms with Gasteiger partial charge in [0.05, 0.1) is 5.56 Å². The van der Waals surface area contributed by atoms with Crippen LogP contribution in [-0.2, 0) is 0 Å². The standard InChI is InChI=1S/C14H12ClFN2O2/c1-7-6-10(7)18-13(19)11(12(15)17-14(18)20)8-2-4-9(16)5-3-8/h2-5,7,10H,6H2,1H3,(H,17,20). The van der Waals surface area contributed by atoms with Gasteiger partial charge in [-0.2, -0.15) is 0 Å². The van der Waals surface area contributed by atoms with Gasteiger partial charge in [-0.3, -0.25) is 14.3 Å². The van der Waals surface area contributed by atoms with E-state index in [9.17, 15) is 14.0 Å². The predicted octanol–water partition coefficient (Wildman–Crippen LogP) is 2.58. The molecule has 2 aromatic rings. The van der Waals surface area contributed by atoms with Crippen molar-refractivity contribution >= 4 is 11.6 Å². The fourth-order valence-electron chi connectivity index (χ4n) is 2.35. The van der Waals surface area contributed by atoms with Crippen molar-refractivity contribution in [3.8, 4) is 11.1 Å². The number of aromatic nitrogens is 2. The van der Waals surface area contributed by atoms with Crippen LogP contribution in [0.25, 0.3) is 11.1 Å². The Morgan fingerprint density at radius 2 is 1.90 bits per heavy atom. The molecule has 0 bridgehead atoms. The number of rotatable bonds is 2. The normalized spacial score (nSPS) is 20.9. The Labute approximate surface area is 118 Å². The number of benzene rings is 1. The first-order valence-corrected chi connectivity index (χ1v) is 6.67. The van der Waals surface area contributed by atoms with Crippen molar-refractivity contribution < 1.29 is 4.39 Å². The third-order valence-corrected chi connectivity index (χ3v) is 3.90. The average molecular weight is 295 g/mol. The Bertz CT molecular complexity index is 779. The molecule has 0 saturated heterocycles. The molecule has 2 atom stereocenters. The highest BCUT2D eigenvalue weighted by Gasteiger charge is 2.37. The first kappa shape index (κ1) is 13.1. The third kappa shape index (κ3) is 2.08. The van der Waals surface area contributed by atoms with E-state index in [0.29, 0.717) is 11.5 Å². The number of H-pyrrole nitrogens is 1. The predicted molar refractivity (Wildman–Crippen MR) is 74.5 cm³/mol. The van der Waals surface area contributed by atoms with Crippen molar-refractivity contribution in [1.29, 1.82) is 0 Å². The highest BCUT2D eigenvalue weighted by Crippen LogP contribution is 2.41. The maximum absolute atomic E-state index is 13.0. The average Bonchev–Trinajstić information content (AvgIpc) is 3.08. The lowest BCUT2D eigenvalue weighted by Crippen LogP contribution is -2.36. The first-order chi connectivity index (χ1) is 9.49. The van der Waals surface area contributed by atoms with E-state index in [2.05, 4.69) is 4.98 Å². The van der Waals surface area contributed by atoms with Gasteiger partial charge in [0.15, 0.2) is 0 Å². The van der Waals surface area contributed by atoms with E-state index in [1.807, 2.05) is 6.92 Å². The molecular formula is C14H12ClFN2O2. The van der Waals surface area contributed by atoms with E-state index in [0.717, 1.165) is 6.42 Å². The molecule has 1 heterocycles. The molecule has 20 heavy (non-hydrogen) atoms. The molecule has 1 N–H and O–H groups in total. The Kier molecular flexibility index (Phi) is 3.01. The van der Waals surface area contributed by atoms with Gasteiger partial charge in [-0.25, -0.2) is 9.18 Å². The zero-order valence-corrected chi connectivity index (χ0v) is 11.4. The second-order valence-corrected chi connectivity index (χ2v) is 5.46. The molecule has 3 rings (SSSR count). The van der Waals surface area contributed by atoms with Crippen LogP contribution < -0.4 is 11.2 Å². The number of hydrogen-bond donors (Lipinski definition) is 1. The molecule has 1 aromatic carbocycles. The molecule has 0 aliphatic heterocycles. The van der Waals surface area contributed by atoms with Gasteiger partial charge < -0.3 is 0 Å². The molecule has 0 radical (unpaired) electrons. The maximum atomic E-state index is 13.0. The monoisotopic (exact) mass is 294 g/mol. The topological polar surface area (TPSA) is 54.9 Å². The van der Waals surface area contributed by atoms with Gasteiger partial charge in [0.25, 0.3) is 5.56 Å². The van der Waals surface area contributed by atoms with Crippen LogP contribution in [0.1, 0.15) is 19.4 Å². The lowest BCUT2D eigenvalue weighted by Gasteiger charge is -2.08. The molecule has 1 aliphatic rings. The second kappa shape index (κ2) is 4.59. The summed E-state index contributed by atoms with van der Waals surface area (Å²) in [5.41, 5.74) is -0.245. The zero-order chi connectivity index (χ0) is 14.4. The van der Waals surface area contributed by atoms with Crippen LogP contribution in [0.3, 0.4) is 0 Å². The van der Waals surface area contributed by atoms with Crippen LogP contribution >= 0.6 is 11.6 Å². The summed E-state index contributed by atoms with van der Waals surface area (Å²) in [6.45, 7) is 1.97. The number of nitrogens with zero attached hydrogens (tertiary/aromatic N) is 1. The summed E-state index contributed by atoms with van der Waals surface area (Å²) in [5, 5.41) is -0.0174. The quantitative estimate of drug-likeness (QED) is 0.866. The summed E-state index contributed by atoms with van der Waals surface area (Å²) in [6.07, 6.45) is 0.799. The molecule has 4 nitrogen and oxygen atoms in total. The highest BCUT2D eigenvalue weighted by atomic mass is 35.5. The minimum Gasteiger partial charge on any atom is -0.297 e. The summed E-state index contributed by atoms with van der Waals surface area (Å²) >= 11 is 5.98. The second-order valence-electron chi connectivity index (χ2n) is 5.08. The summed E-state index contributed by atoms with van der Waals surface area (Å²) in [5.74, 6) is -0.0959. The van der Waals surface area contributed by atoms with Crippen molar-refractivity contribution in [2.45, 2.75) is 19.4 Å². The Morgan fingerprint density at radius 1 is 1.30 bits per heavy atom. The lowest BCUT2D eigenvalue weighted by atomic mass is 10.1. The van der Waals surface area contributed by atoms with Gasteiger partial charge in [-0.15, -0.1) is 0 Å². The molecule has 104 valence electrons. The number of hydrogen-bond acceptors (Lipinski definition) is 2. The fraction of sp³-hybridized carbons (Fsp3) is 0.286. The summed E-state index contributed by atoms with van der Waals surface area (Å²) in [6, 6.07) is 5.36. The number of nitrogens with one attached hydrogen (secondary N) is 1. The van der Waals surface area contributed by atoms with Crippen LogP contribution in [0.4, 0.5) is 4.39 Å². The van der Waals surface area contributed by atoms with E-state index in [4.69, 9.17) is 11.6 Å². The van der Waals surface area contributed by atoms with E-state index in [-0.39, 0.29) is 16.8 Å². The molecular weight excluding hydrogens is 283 g/mol. The van der Waals surface area contributed by atoms with Gasteiger partial charge in [0.1, 0.15) is 11.0 Å². The van der Waals surface area contributed by atoms with Crippen molar-refractivity contribution in [3.63, 3.8) is 0 Å². The number of halogens is 2. The van der Waals surface area contributed by atoms with E-state index < -0.39 is 17.1 Å². The fourth-order valence-corrected chi connectivity index (χ4v) is 2.62. The van der Waals surface area contributed by atoms with Crippen molar-refractivity contribution in [3.05, 3.63) is 56.1 Å². The molecule has 0 spiro atoms. The summed E-state index contributed by atoms with van der Waals surface area (Å²) in [4.78, 5) is 26.9. The van der Waals surface area contributed by atoms with Crippen molar-refractivity contribution in [2.24, 2.45) is 5.92 Å². The lowest BCUT2D eigenvalue weighted by molar-refractivity contribution is 0.619. The zero-order valence-electron chi connectivity index (χ0n) is 10.7.